The number of nitrogens with zero attached hydrogens (tertiary/aromatic N) is 2. The number of ether oxygens (including phenoxy) is 1. The SMILES string of the molecule is Cc1onc(C(=O)Nc2ccncc2)c1COc1cccc(F)c1. The summed E-state index contributed by atoms with van der Waals surface area (Å²) in [5, 5.41) is 6.49. The van der Waals surface area contributed by atoms with Crippen molar-refractivity contribution in [1.82, 2.24) is 10.1 Å². The van der Waals surface area contributed by atoms with Crippen LogP contribution in [0.1, 0.15) is 21.8 Å². The number of aryl methyl sites for hydroxylation is 1. The summed E-state index contributed by atoms with van der Waals surface area (Å²) < 4.78 is 23.8. The monoisotopic (exact) mass is 327 g/mol. The quantitative estimate of drug-likeness (QED) is 0.777. The first-order chi connectivity index (χ1) is 11.6. The molecule has 0 bridgehead atoms. The van der Waals surface area contributed by atoms with Crippen LogP contribution in [0.3, 0.4) is 0 Å². The molecule has 2 heterocycles. The Morgan fingerprint density at radius 1 is 1.29 bits per heavy atom. The van der Waals surface area contributed by atoms with Crippen molar-refractivity contribution in [2.75, 3.05) is 5.32 Å². The van der Waals surface area contributed by atoms with Gasteiger partial charge in [0.25, 0.3) is 5.91 Å². The van der Waals surface area contributed by atoms with Crippen molar-refractivity contribution in [2.24, 2.45) is 0 Å². The molecule has 0 spiro atoms. The molecule has 3 aromatic rings. The van der Waals surface area contributed by atoms with Gasteiger partial charge in [-0.25, -0.2) is 4.39 Å². The number of anilines is 1. The average Bonchev–Trinajstić information content (AvgIpc) is 2.95. The molecule has 2 aromatic heterocycles. The van der Waals surface area contributed by atoms with Crippen molar-refractivity contribution < 1.29 is 18.4 Å². The molecule has 0 atom stereocenters. The molecule has 1 aromatic carbocycles. The van der Waals surface area contributed by atoms with Gasteiger partial charge in [-0.15, -0.1) is 0 Å². The van der Waals surface area contributed by atoms with Gasteiger partial charge in [0.2, 0.25) is 0 Å². The maximum atomic E-state index is 13.2. The third-order valence-electron chi connectivity index (χ3n) is 3.32. The summed E-state index contributed by atoms with van der Waals surface area (Å²) in [6.45, 7) is 1.72. The van der Waals surface area contributed by atoms with Crippen molar-refractivity contribution in [3.63, 3.8) is 0 Å². The summed E-state index contributed by atoms with van der Waals surface area (Å²) in [7, 11) is 0. The van der Waals surface area contributed by atoms with E-state index >= 15 is 0 Å². The van der Waals surface area contributed by atoms with Gasteiger partial charge >= 0.3 is 0 Å². The Bertz CT molecular complexity index is 849. The van der Waals surface area contributed by atoms with Crippen molar-refractivity contribution in [3.05, 3.63) is 71.6 Å². The maximum Gasteiger partial charge on any atom is 0.278 e. The van der Waals surface area contributed by atoms with E-state index in [1.807, 2.05) is 0 Å². The Morgan fingerprint density at radius 3 is 2.83 bits per heavy atom. The number of nitrogens with one attached hydrogen (secondary N) is 1. The predicted octanol–water partition coefficient (Wildman–Crippen LogP) is 3.35. The summed E-state index contributed by atoms with van der Waals surface area (Å²) in [6.07, 6.45) is 3.13. The number of hydrogen-bond donors (Lipinski definition) is 1. The molecule has 1 amide bonds. The average molecular weight is 327 g/mol. The van der Waals surface area contributed by atoms with Gasteiger partial charge in [-0.05, 0) is 31.2 Å². The molecule has 6 nitrogen and oxygen atoms in total. The number of carbonyl (C=O) groups is 1. The zero-order valence-electron chi connectivity index (χ0n) is 12.8. The molecule has 0 aliphatic rings. The van der Waals surface area contributed by atoms with E-state index in [1.165, 1.54) is 12.1 Å². The molecular weight excluding hydrogens is 313 g/mol. The lowest BCUT2D eigenvalue weighted by molar-refractivity contribution is 0.101. The van der Waals surface area contributed by atoms with Gasteiger partial charge in [-0.1, -0.05) is 11.2 Å². The molecule has 24 heavy (non-hydrogen) atoms. The Morgan fingerprint density at radius 2 is 2.08 bits per heavy atom. The Kier molecular flexibility index (Phi) is 4.51. The molecule has 0 fully saturated rings. The lowest BCUT2D eigenvalue weighted by atomic mass is 10.2. The standard InChI is InChI=1S/C17H14FN3O3/c1-11-15(10-23-14-4-2-3-12(18)9-14)16(21-24-11)17(22)20-13-5-7-19-8-6-13/h2-9H,10H2,1H3,(H,19,20,22). The first-order valence-corrected chi connectivity index (χ1v) is 7.18. The van der Waals surface area contributed by atoms with Crippen LogP contribution in [0.25, 0.3) is 0 Å². The van der Waals surface area contributed by atoms with E-state index in [1.54, 1.807) is 43.6 Å². The highest BCUT2D eigenvalue weighted by atomic mass is 19.1. The number of pyridine rings is 1. The number of aromatic nitrogens is 2. The molecule has 0 aliphatic carbocycles. The molecule has 0 radical (unpaired) electrons. The highest BCUT2D eigenvalue weighted by Crippen LogP contribution is 2.19. The molecule has 0 unspecified atom stereocenters. The minimum Gasteiger partial charge on any atom is -0.489 e. The number of amides is 1. The molecular formula is C17H14FN3O3. The molecule has 0 aliphatic heterocycles. The number of carbonyl (C=O) groups excluding carboxylic acids is 1. The zero-order valence-corrected chi connectivity index (χ0v) is 12.8. The van der Waals surface area contributed by atoms with Gasteiger partial charge in [-0.3, -0.25) is 9.78 Å². The molecule has 122 valence electrons. The van der Waals surface area contributed by atoms with Crippen LogP contribution in [0, 0.1) is 12.7 Å². The van der Waals surface area contributed by atoms with Gasteiger partial charge in [0.15, 0.2) is 5.69 Å². The van der Waals surface area contributed by atoms with Crippen molar-refractivity contribution >= 4 is 11.6 Å². The van der Waals surface area contributed by atoms with Crippen molar-refractivity contribution in [3.8, 4) is 5.75 Å². The summed E-state index contributed by atoms with van der Waals surface area (Å²) in [5.74, 6) is 0.00320. The van der Waals surface area contributed by atoms with Crippen LogP contribution < -0.4 is 10.1 Å². The predicted molar refractivity (Wildman–Crippen MR) is 84.2 cm³/mol. The van der Waals surface area contributed by atoms with E-state index in [9.17, 15) is 9.18 Å². The van der Waals surface area contributed by atoms with Crippen LogP contribution in [-0.2, 0) is 6.61 Å². The smallest absolute Gasteiger partial charge is 0.278 e. The van der Waals surface area contributed by atoms with Gasteiger partial charge in [-0.2, -0.15) is 0 Å². The number of hydrogen-bond acceptors (Lipinski definition) is 5. The molecule has 3 rings (SSSR count). The molecule has 0 saturated carbocycles. The van der Waals surface area contributed by atoms with Crippen molar-refractivity contribution in [2.45, 2.75) is 13.5 Å². The Hall–Kier alpha value is -3.22. The lowest BCUT2D eigenvalue weighted by Crippen LogP contribution is -2.15. The second-order valence-corrected chi connectivity index (χ2v) is 5.00. The van der Waals surface area contributed by atoms with Crippen LogP contribution in [0.2, 0.25) is 0 Å². The maximum absolute atomic E-state index is 13.2. The fraction of sp³-hybridized carbons (Fsp3) is 0.118. The zero-order chi connectivity index (χ0) is 16.9. The third kappa shape index (κ3) is 3.57. The van der Waals surface area contributed by atoms with Crippen molar-refractivity contribution in [1.29, 1.82) is 0 Å². The lowest BCUT2D eigenvalue weighted by Gasteiger charge is -2.07. The van der Waals surface area contributed by atoms with Gasteiger partial charge in [0.05, 0.1) is 5.56 Å². The highest BCUT2D eigenvalue weighted by Gasteiger charge is 2.20. The minimum absolute atomic E-state index is 0.0396. The summed E-state index contributed by atoms with van der Waals surface area (Å²) in [6, 6.07) is 9.08. The van der Waals surface area contributed by atoms with Crippen LogP contribution in [0.5, 0.6) is 5.75 Å². The molecule has 1 N–H and O–H groups in total. The second-order valence-electron chi connectivity index (χ2n) is 5.00. The van der Waals surface area contributed by atoms with E-state index in [4.69, 9.17) is 9.26 Å². The topological polar surface area (TPSA) is 77.3 Å². The number of halogens is 1. The van der Waals surface area contributed by atoms with Gasteiger partial charge in [0.1, 0.15) is 23.9 Å². The Balaban J connectivity index is 1.74. The fourth-order valence-corrected chi connectivity index (χ4v) is 2.08. The first kappa shape index (κ1) is 15.7. The molecule has 0 saturated heterocycles. The number of rotatable bonds is 5. The first-order valence-electron chi connectivity index (χ1n) is 7.18. The van der Waals surface area contributed by atoms with Gasteiger partial charge < -0.3 is 14.6 Å². The largest absolute Gasteiger partial charge is 0.489 e. The highest BCUT2D eigenvalue weighted by molar-refractivity contribution is 6.03. The van der Waals surface area contributed by atoms with E-state index in [0.29, 0.717) is 22.8 Å². The van der Waals surface area contributed by atoms with Crippen LogP contribution >= 0.6 is 0 Å². The van der Waals surface area contributed by atoms with Gasteiger partial charge in [0, 0.05) is 24.1 Å². The van der Waals surface area contributed by atoms with E-state index in [-0.39, 0.29) is 12.3 Å². The fourth-order valence-electron chi connectivity index (χ4n) is 2.08. The second kappa shape index (κ2) is 6.91. The molecule has 7 heteroatoms. The Labute approximate surface area is 137 Å². The van der Waals surface area contributed by atoms with Crippen LogP contribution in [0.4, 0.5) is 10.1 Å². The summed E-state index contributed by atoms with van der Waals surface area (Å²) in [5.41, 5.74) is 1.22. The number of benzene rings is 1. The normalized spacial score (nSPS) is 10.4. The minimum atomic E-state index is -0.420. The van der Waals surface area contributed by atoms with Crippen LogP contribution in [-0.4, -0.2) is 16.0 Å². The summed E-state index contributed by atoms with van der Waals surface area (Å²) >= 11 is 0. The van der Waals surface area contributed by atoms with Crippen LogP contribution in [0.15, 0.2) is 53.3 Å². The van der Waals surface area contributed by atoms with E-state index < -0.39 is 11.7 Å². The third-order valence-corrected chi connectivity index (χ3v) is 3.32. The van der Waals surface area contributed by atoms with E-state index in [0.717, 1.165) is 0 Å². The summed E-state index contributed by atoms with van der Waals surface area (Å²) in [4.78, 5) is 16.2. The van der Waals surface area contributed by atoms with E-state index in [2.05, 4.69) is 15.5 Å².